The highest BCUT2D eigenvalue weighted by molar-refractivity contribution is 6.02. The molecule has 1 aliphatic heterocycles. The summed E-state index contributed by atoms with van der Waals surface area (Å²) in [6.07, 6.45) is 3.12. The van der Waals surface area contributed by atoms with Crippen LogP contribution in [0.2, 0.25) is 0 Å². The molecule has 3 aromatic rings. The van der Waals surface area contributed by atoms with Crippen molar-refractivity contribution in [3.8, 4) is 5.75 Å². The fourth-order valence-electron chi connectivity index (χ4n) is 3.96. The molecule has 7 heteroatoms. The Labute approximate surface area is 194 Å². The number of aromatic hydroxyl groups is 1. The number of hydrazone groups is 1. The van der Waals surface area contributed by atoms with Gasteiger partial charge in [-0.05, 0) is 30.7 Å². The first-order valence-electron chi connectivity index (χ1n) is 11.1. The predicted octanol–water partition coefficient (Wildman–Crippen LogP) is 3.26. The molecule has 170 valence electrons. The number of aromatic nitrogens is 1. The Morgan fingerprint density at radius 3 is 2.30 bits per heavy atom. The Balaban J connectivity index is 1.35. The summed E-state index contributed by atoms with van der Waals surface area (Å²) in [5.74, 6) is -0.107. The quantitative estimate of drug-likeness (QED) is 0.433. The van der Waals surface area contributed by atoms with Gasteiger partial charge in [-0.2, -0.15) is 5.10 Å². The van der Waals surface area contributed by atoms with E-state index in [-0.39, 0.29) is 11.7 Å². The third-order valence-electron chi connectivity index (χ3n) is 5.88. The number of nitrogens with zero attached hydrogens (tertiary/aromatic N) is 4. The first-order valence-corrected chi connectivity index (χ1v) is 11.1. The van der Waals surface area contributed by atoms with Gasteiger partial charge in [0, 0.05) is 68.4 Å². The van der Waals surface area contributed by atoms with Crippen LogP contribution in [0.3, 0.4) is 0 Å². The van der Waals surface area contributed by atoms with Crippen LogP contribution < -0.4 is 5.43 Å². The topological polar surface area (TPSA) is 81.1 Å². The number of amides is 1. The Kier molecular flexibility index (Phi) is 7.44. The molecule has 1 fully saturated rings. The second kappa shape index (κ2) is 10.8. The predicted molar refractivity (Wildman–Crippen MR) is 129 cm³/mol. The molecular weight excluding hydrogens is 414 g/mol. The molecule has 1 aliphatic rings. The standard InChI is InChI=1S/C26H29N5O2/c1-20(28-29-26(33)22-10-12-27-13-11-22)24-9-5-8-23(25(24)32)19-31-16-14-30(15-17-31)18-21-6-3-2-4-7-21/h2-13,32H,14-19H2,1H3,(H,29,33)/b28-20+. The van der Waals surface area contributed by atoms with E-state index < -0.39 is 0 Å². The van der Waals surface area contributed by atoms with Crippen LogP contribution in [0, 0.1) is 0 Å². The molecule has 1 saturated heterocycles. The summed E-state index contributed by atoms with van der Waals surface area (Å²) in [4.78, 5) is 20.9. The highest BCUT2D eigenvalue weighted by Gasteiger charge is 2.19. The Morgan fingerprint density at radius 2 is 1.61 bits per heavy atom. The first-order chi connectivity index (χ1) is 16.1. The summed E-state index contributed by atoms with van der Waals surface area (Å²) in [7, 11) is 0. The second-order valence-electron chi connectivity index (χ2n) is 8.23. The summed E-state index contributed by atoms with van der Waals surface area (Å²) >= 11 is 0. The lowest BCUT2D eigenvalue weighted by atomic mass is 10.0. The lowest BCUT2D eigenvalue weighted by Gasteiger charge is -2.35. The Bertz CT molecular complexity index is 1090. The van der Waals surface area contributed by atoms with Crippen LogP contribution in [-0.2, 0) is 13.1 Å². The Hall–Kier alpha value is -3.55. The van der Waals surface area contributed by atoms with Gasteiger partial charge in [0.15, 0.2) is 0 Å². The lowest BCUT2D eigenvalue weighted by molar-refractivity contribution is 0.0954. The van der Waals surface area contributed by atoms with Gasteiger partial charge in [-0.3, -0.25) is 19.6 Å². The molecule has 2 heterocycles. The normalized spacial score (nSPS) is 15.4. The van der Waals surface area contributed by atoms with E-state index >= 15 is 0 Å². The molecule has 0 unspecified atom stereocenters. The van der Waals surface area contributed by atoms with Gasteiger partial charge in [0.2, 0.25) is 0 Å². The zero-order valence-corrected chi connectivity index (χ0v) is 18.8. The van der Waals surface area contributed by atoms with Crippen molar-refractivity contribution < 1.29 is 9.90 Å². The van der Waals surface area contributed by atoms with Crippen LogP contribution in [0.4, 0.5) is 0 Å². The summed E-state index contributed by atoms with van der Waals surface area (Å²) < 4.78 is 0. The fourth-order valence-corrected chi connectivity index (χ4v) is 3.96. The van der Waals surface area contributed by atoms with Crippen molar-refractivity contribution in [1.82, 2.24) is 20.2 Å². The number of pyridine rings is 1. The summed E-state index contributed by atoms with van der Waals surface area (Å²) in [6.45, 7) is 7.31. The van der Waals surface area contributed by atoms with Gasteiger partial charge in [-0.1, -0.05) is 42.5 Å². The summed E-state index contributed by atoms with van der Waals surface area (Å²) in [5.41, 5.74) is 6.38. The largest absolute Gasteiger partial charge is 0.507 e. The van der Waals surface area contributed by atoms with E-state index in [9.17, 15) is 9.90 Å². The van der Waals surface area contributed by atoms with Gasteiger partial charge in [0.05, 0.1) is 5.71 Å². The van der Waals surface area contributed by atoms with Crippen molar-refractivity contribution in [2.24, 2.45) is 5.10 Å². The molecule has 4 rings (SSSR count). The smallest absolute Gasteiger partial charge is 0.271 e. The maximum absolute atomic E-state index is 12.2. The maximum Gasteiger partial charge on any atom is 0.271 e. The van der Waals surface area contributed by atoms with Crippen LogP contribution in [0.25, 0.3) is 0 Å². The number of hydrogen-bond acceptors (Lipinski definition) is 6. The molecule has 7 nitrogen and oxygen atoms in total. The number of phenolic OH excluding ortho intramolecular Hbond substituents is 1. The Morgan fingerprint density at radius 1 is 0.939 bits per heavy atom. The maximum atomic E-state index is 12.2. The van der Waals surface area contributed by atoms with Crippen molar-refractivity contribution in [2.45, 2.75) is 20.0 Å². The molecule has 33 heavy (non-hydrogen) atoms. The molecule has 0 atom stereocenters. The van der Waals surface area contributed by atoms with E-state index in [1.54, 1.807) is 31.5 Å². The molecule has 0 saturated carbocycles. The minimum absolute atomic E-state index is 0.212. The van der Waals surface area contributed by atoms with Gasteiger partial charge in [-0.15, -0.1) is 0 Å². The van der Waals surface area contributed by atoms with Gasteiger partial charge >= 0.3 is 0 Å². The van der Waals surface area contributed by atoms with Gasteiger partial charge in [0.1, 0.15) is 5.75 Å². The minimum Gasteiger partial charge on any atom is -0.507 e. The number of benzene rings is 2. The minimum atomic E-state index is -0.319. The molecule has 2 N–H and O–H groups in total. The number of rotatable bonds is 7. The number of para-hydroxylation sites is 1. The zero-order chi connectivity index (χ0) is 23.0. The van der Waals surface area contributed by atoms with Crippen LogP contribution >= 0.6 is 0 Å². The number of carbonyl (C=O) groups is 1. The van der Waals surface area contributed by atoms with Crippen molar-refractivity contribution in [3.63, 3.8) is 0 Å². The van der Waals surface area contributed by atoms with E-state index in [4.69, 9.17) is 0 Å². The molecule has 0 radical (unpaired) electrons. The SMILES string of the molecule is C/C(=N\NC(=O)c1ccncc1)c1cccc(CN2CCN(Cc3ccccc3)CC2)c1O. The van der Waals surface area contributed by atoms with Gasteiger partial charge < -0.3 is 5.11 Å². The molecule has 0 spiro atoms. The molecule has 0 bridgehead atoms. The van der Waals surface area contributed by atoms with Crippen molar-refractivity contribution in [2.75, 3.05) is 26.2 Å². The van der Waals surface area contributed by atoms with Gasteiger partial charge in [0.25, 0.3) is 5.91 Å². The third-order valence-corrected chi connectivity index (χ3v) is 5.88. The number of hydrogen-bond donors (Lipinski definition) is 2. The lowest BCUT2D eigenvalue weighted by Crippen LogP contribution is -2.45. The highest BCUT2D eigenvalue weighted by atomic mass is 16.3. The number of piperazine rings is 1. The number of nitrogens with one attached hydrogen (secondary N) is 1. The van der Waals surface area contributed by atoms with Crippen molar-refractivity contribution in [3.05, 3.63) is 95.3 Å². The van der Waals surface area contributed by atoms with Crippen LogP contribution in [0.5, 0.6) is 5.75 Å². The van der Waals surface area contributed by atoms with Crippen LogP contribution in [-0.4, -0.2) is 57.7 Å². The fraction of sp³-hybridized carbons (Fsp3) is 0.269. The monoisotopic (exact) mass is 443 g/mol. The zero-order valence-electron chi connectivity index (χ0n) is 18.8. The third kappa shape index (κ3) is 6.03. The number of phenols is 1. The van der Waals surface area contributed by atoms with E-state index in [1.807, 2.05) is 24.3 Å². The molecule has 0 aliphatic carbocycles. The van der Waals surface area contributed by atoms with E-state index in [1.165, 1.54) is 5.56 Å². The van der Waals surface area contributed by atoms with Crippen LogP contribution in [0.15, 0.2) is 78.2 Å². The average molecular weight is 444 g/mol. The molecular formula is C26H29N5O2. The van der Waals surface area contributed by atoms with Crippen molar-refractivity contribution in [1.29, 1.82) is 0 Å². The summed E-state index contributed by atoms with van der Waals surface area (Å²) in [5, 5.41) is 15.1. The second-order valence-corrected chi connectivity index (χ2v) is 8.23. The van der Waals surface area contributed by atoms with E-state index in [0.717, 1.165) is 38.3 Å². The molecule has 1 aromatic heterocycles. The van der Waals surface area contributed by atoms with Gasteiger partial charge in [-0.25, -0.2) is 5.43 Å². The molecule has 2 aromatic carbocycles. The van der Waals surface area contributed by atoms with E-state index in [0.29, 0.717) is 23.4 Å². The van der Waals surface area contributed by atoms with Crippen LogP contribution in [0.1, 0.15) is 34.0 Å². The average Bonchev–Trinajstić information content (AvgIpc) is 2.86. The number of carbonyl (C=O) groups excluding carboxylic acids is 1. The molecule has 1 amide bonds. The summed E-state index contributed by atoms with van der Waals surface area (Å²) in [6, 6.07) is 19.5. The van der Waals surface area contributed by atoms with E-state index in [2.05, 4.69) is 49.6 Å². The first kappa shape index (κ1) is 22.6. The van der Waals surface area contributed by atoms with Crippen molar-refractivity contribution >= 4 is 11.6 Å². The highest BCUT2D eigenvalue weighted by Crippen LogP contribution is 2.25.